The molecular weight excluding hydrogens is 246 g/mol. The summed E-state index contributed by atoms with van der Waals surface area (Å²) in [4.78, 5) is 5.60. The number of hydrogen-bond donors (Lipinski definition) is 1. The van der Waals surface area contributed by atoms with Crippen molar-refractivity contribution >= 4 is 0 Å². The molecule has 3 aliphatic rings. The van der Waals surface area contributed by atoms with Crippen LogP contribution in [0.5, 0.6) is 0 Å². The lowest BCUT2D eigenvalue weighted by Crippen LogP contribution is -2.68. The van der Waals surface area contributed by atoms with Gasteiger partial charge in [0.15, 0.2) is 0 Å². The summed E-state index contributed by atoms with van der Waals surface area (Å²) < 4.78 is 0. The van der Waals surface area contributed by atoms with Gasteiger partial charge in [0.1, 0.15) is 0 Å². The van der Waals surface area contributed by atoms with Crippen LogP contribution in [0.15, 0.2) is 0 Å². The molecule has 116 valence electrons. The first-order valence-corrected chi connectivity index (χ1v) is 8.92. The summed E-state index contributed by atoms with van der Waals surface area (Å²) in [7, 11) is 0. The quantitative estimate of drug-likeness (QED) is 0.861. The van der Waals surface area contributed by atoms with Gasteiger partial charge in [0.05, 0.1) is 0 Å². The van der Waals surface area contributed by atoms with Gasteiger partial charge in [0.25, 0.3) is 0 Å². The van der Waals surface area contributed by atoms with E-state index in [1.165, 1.54) is 64.6 Å². The Morgan fingerprint density at radius 2 is 2.00 bits per heavy atom. The van der Waals surface area contributed by atoms with E-state index in [-0.39, 0.29) is 0 Å². The van der Waals surface area contributed by atoms with Crippen LogP contribution in [0.2, 0.25) is 0 Å². The van der Waals surface area contributed by atoms with E-state index < -0.39 is 0 Å². The molecule has 0 aromatic carbocycles. The molecule has 2 saturated heterocycles. The van der Waals surface area contributed by atoms with Gasteiger partial charge in [-0.05, 0) is 45.1 Å². The minimum absolute atomic E-state index is 0.317. The maximum atomic E-state index is 6.34. The number of hydrogen-bond acceptors (Lipinski definition) is 3. The van der Waals surface area contributed by atoms with Gasteiger partial charge in [-0.1, -0.05) is 26.2 Å². The predicted octanol–water partition coefficient (Wildman–Crippen LogP) is 2.45. The van der Waals surface area contributed by atoms with Crippen LogP contribution in [-0.4, -0.2) is 53.6 Å². The van der Waals surface area contributed by atoms with E-state index in [2.05, 4.69) is 23.6 Å². The molecule has 4 atom stereocenters. The van der Waals surface area contributed by atoms with Crippen molar-refractivity contribution in [3.8, 4) is 0 Å². The standard InChI is InChI=1S/C17H33N3/c1-3-15-7-6-9-17(15,13-18)20-12-16-8-4-5-10-19(16)11-14(20)2/h14-16H,3-13,18H2,1-2H3. The molecule has 0 radical (unpaired) electrons. The molecule has 1 saturated carbocycles. The first-order valence-electron chi connectivity index (χ1n) is 8.92. The highest BCUT2D eigenvalue weighted by Gasteiger charge is 2.49. The van der Waals surface area contributed by atoms with Crippen LogP contribution in [0.25, 0.3) is 0 Å². The van der Waals surface area contributed by atoms with E-state index in [9.17, 15) is 0 Å². The number of rotatable bonds is 3. The predicted molar refractivity (Wildman–Crippen MR) is 84.8 cm³/mol. The Bertz CT molecular complexity index is 332. The molecule has 3 fully saturated rings. The molecule has 0 spiro atoms. The van der Waals surface area contributed by atoms with E-state index in [1.54, 1.807) is 0 Å². The van der Waals surface area contributed by atoms with Crippen LogP contribution in [0.4, 0.5) is 0 Å². The van der Waals surface area contributed by atoms with Crippen molar-refractivity contribution in [2.45, 2.75) is 76.4 Å². The second-order valence-electron chi connectivity index (χ2n) is 7.45. The fourth-order valence-electron chi connectivity index (χ4n) is 5.45. The van der Waals surface area contributed by atoms with Gasteiger partial charge >= 0.3 is 0 Å². The normalized spacial score (nSPS) is 43.6. The zero-order valence-corrected chi connectivity index (χ0v) is 13.5. The number of nitrogens with zero attached hydrogens (tertiary/aromatic N) is 2. The summed E-state index contributed by atoms with van der Waals surface area (Å²) in [6.45, 7) is 9.53. The van der Waals surface area contributed by atoms with Crippen LogP contribution in [0.3, 0.4) is 0 Å². The third-order valence-electron chi connectivity index (χ3n) is 6.53. The monoisotopic (exact) mass is 279 g/mol. The molecule has 3 heteroatoms. The smallest absolute Gasteiger partial charge is 0.0363 e. The molecule has 0 aromatic rings. The van der Waals surface area contributed by atoms with Crippen molar-refractivity contribution in [1.29, 1.82) is 0 Å². The molecule has 0 aromatic heterocycles. The maximum absolute atomic E-state index is 6.34. The van der Waals surface area contributed by atoms with Crippen molar-refractivity contribution in [2.24, 2.45) is 11.7 Å². The van der Waals surface area contributed by atoms with Crippen LogP contribution in [0, 0.1) is 5.92 Å². The molecule has 3 rings (SSSR count). The SMILES string of the molecule is CCC1CCCC1(CN)N1CC2CCCCN2CC1C. The average Bonchev–Trinajstić information content (AvgIpc) is 2.90. The number of fused-ring (bicyclic) bond motifs is 1. The Kier molecular flexibility index (Phi) is 4.40. The van der Waals surface area contributed by atoms with E-state index >= 15 is 0 Å². The van der Waals surface area contributed by atoms with Crippen LogP contribution < -0.4 is 5.73 Å². The summed E-state index contributed by atoms with van der Waals surface area (Å²) in [6.07, 6.45) is 9.65. The number of piperazine rings is 1. The van der Waals surface area contributed by atoms with E-state index in [1.807, 2.05) is 0 Å². The second-order valence-corrected chi connectivity index (χ2v) is 7.45. The van der Waals surface area contributed by atoms with Gasteiger partial charge in [-0.2, -0.15) is 0 Å². The Morgan fingerprint density at radius 1 is 1.15 bits per heavy atom. The highest BCUT2D eigenvalue weighted by molar-refractivity contribution is 5.06. The summed E-state index contributed by atoms with van der Waals surface area (Å²) in [5, 5.41) is 0. The first kappa shape index (κ1) is 14.8. The summed E-state index contributed by atoms with van der Waals surface area (Å²) >= 11 is 0. The van der Waals surface area contributed by atoms with E-state index in [0.29, 0.717) is 11.6 Å². The summed E-state index contributed by atoms with van der Waals surface area (Å²) in [6, 6.07) is 1.49. The lowest BCUT2D eigenvalue weighted by molar-refractivity contribution is -0.0600. The minimum atomic E-state index is 0.317. The summed E-state index contributed by atoms with van der Waals surface area (Å²) in [5.74, 6) is 0.824. The molecule has 3 nitrogen and oxygen atoms in total. The van der Waals surface area contributed by atoms with Gasteiger partial charge in [-0.3, -0.25) is 9.80 Å². The van der Waals surface area contributed by atoms with Gasteiger partial charge in [0, 0.05) is 37.3 Å². The number of piperidine rings is 1. The fraction of sp³-hybridized carbons (Fsp3) is 1.00. The minimum Gasteiger partial charge on any atom is -0.329 e. The molecule has 1 aliphatic carbocycles. The molecule has 2 aliphatic heterocycles. The highest BCUT2D eigenvalue weighted by atomic mass is 15.3. The van der Waals surface area contributed by atoms with Crippen LogP contribution >= 0.6 is 0 Å². The second kappa shape index (κ2) is 5.94. The Labute approximate surface area is 124 Å². The molecule has 20 heavy (non-hydrogen) atoms. The molecule has 0 amide bonds. The Morgan fingerprint density at radius 3 is 2.75 bits per heavy atom. The Balaban J connectivity index is 1.80. The number of nitrogens with two attached hydrogens (primary N) is 1. The zero-order chi connectivity index (χ0) is 14.2. The van der Waals surface area contributed by atoms with Crippen molar-refractivity contribution in [2.75, 3.05) is 26.2 Å². The molecular formula is C17H33N3. The van der Waals surface area contributed by atoms with Gasteiger partial charge in [-0.15, -0.1) is 0 Å². The molecule has 4 unspecified atom stereocenters. The topological polar surface area (TPSA) is 32.5 Å². The van der Waals surface area contributed by atoms with Crippen molar-refractivity contribution in [3.63, 3.8) is 0 Å². The van der Waals surface area contributed by atoms with E-state index in [0.717, 1.165) is 18.5 Å². The largest absolute Gasteiger partial charge is 0.329 e. The van der Waals surface area contributed by atoms with Crippen molar-refractivity contribution in [1.82, 2.24) is 9.80 Å². The molecule has 2 heterocycles. The molecule has 2 N–H and O–H groups in total. The first-order chi connectivity index (χ1) is 9.71. The van der Waals surface area contributed by atoms with Crippen LogP contribution in [-0.2, 0) is 0 Å². The average molecular weight is 279 g/mol. The van der Waals surface area contributed by atoms with Gasteiger partial charge in [-0.25, -0.2) is 0 Å². The highest BCUT2D eigenvalue weighted by Crippen LogP contribution is 2.44. The van der Waals surface area contributed by atoms with E-state index in [4.69, 9.17) is 5.73 Å². The third-order valence-corrected chi connectivity index (χ3v) is 6.53. The molecule has 0 bridgehead atoms. The van der Waals surface area contributed by atoms with Crippen molar-refractivity contribution in [3.05, 3.63) is 0 Å². The third kappa shape index (κ3) is 2.32. The Hall–Kier alpha value is -0.120. The van der Waals surface area contributed by atoms with Crippen LogP contribution in [0.1, 0.15) is 58.8 Å². The van der Waals surface area contributed by atoms with Gasteiger partial charge < -0.3 is 5.73 Å². The fourth-order valence-corrected chi connectivity index (χ4v) is 5.45. The van der Waals surface area contributed by atoms with Crippen molar-refractivity contribution < 1.29 is 0 Å². The zero-order valence-electron chi connectivity index (χ0n) is 13.5. The summed E-state index contributed by atoms with van der Waals surface area (Å²) in [5.41, 5.74) is 6.66. The lowest BCUT2D eigenvalue weighted by Gasteiger charge is -2.55. The lowest BCUT2D eigenvalue weighted by atomic mass is 9.80. The van der Waals surface area contributed by atoms with Gasteiger partial charge in [0.2, 0.25) is 0 Å². The maximum Gasteiger partial charge on any atom is 0.0363 e.